The minimum absolute atomic E-state index is 0.0540. The van der Waals surface area contributed by atoms with Crippen LogP contribution < -0.4 is 0 Å². The average molecular weight is 1580 g/mol. The lowest BCUT2D eigenvalue weighted by atomic mass is 9.80. The van der Waals surface area contributed by atoms with Crippen molar-refractivity contribution in [2.75, 3.05) is 0 Å². The highest BCUT2D eigenvalue weighted by Gasteiger charge is 2.36. The topological polar surface area (TPSA) is 39.4 Å². The van der Waals surface area contributed by atoms with E-state index in [1.807, 2.05) is 0 Å². The normalized spacial score (nSPS) is 12.5. The zero-order valence-corrected chi connectivity index (χ0v) is 68.1. The molecule has 0 unspecified atom stereocenters. The van der Waals surface area contributed by atoms with E-state index in [-0.39, 0.29) is 5.41 Å². The van der Waals surface area contributed by atoms with Gasteiger partial charge >= 0.3 is 0 Å². The maximum atomic E-state index is 6.44. The largest absolute Gasteiger partial charge is 0.456 e. The van der Waals surface area contributed by atoms with Crippen molar-refractivity contribution < 1.29 is 13.3 Å². The molecule has 0 fully saturated rings. The highest BCUT2D eigenvalue weighted by atomic mass is 16.3. The molecule has 0 aliphatic heterocycles. The molecule has 0 atom stereocenters. The van der Waals surface area contributed by atoms with Crippen LogP contribution in [0.5, 0.6) is 0 Å². The van der Waals surface area contributed by atoms with Gasteiger partial charge in [0.05, 0.1) is 0 Å². The average Bonchev–Trinajstić information content (AvgIpc) is 1.34. The summed E-state index contributed by atoms with van der Waals surface area (Å²) in [5.41, 5.74) is 26.1. The predicted molar refractivity (Wildman–Crippen MR) is 526 cm³/mol. The molecule has 3 heteroatoms. The van der Waals surface area contributed by atoms with Gasteiger partial charge in [0.25, 0.3) is 0 Å². The van der Waals surface area contributed by atoms with Crippen molar-refractivity contribution in [3.8, 4) is 77.9 Å². The van der Waals surface area contributed by atoms with Crippen molar-refractivity contribution in [1.82, 2.24) is 0 Å². The van der Waals surface area contributed by atoms with Gasteiger partial charge in [0, 0.05) is 48.5 Å². The number of furan rings is 3. The van der Waals surface area contributed by atoms with E-state index in [9.17, 15) is 0 Å². The Bertz CT molecular complexity index is 8810. The number of hydrogen-bond donors (Lipinski definition) is 0. The first-order valence-electron chi connectivity index (χ1n) is 42.9. The second-order valence-electron chi connectivity index (χ2n) is 33.8. The molecule has 23 aromatic carbocycles. The molecule has 0 radical (unpaired) electrons. The van der Waals surface area contributed by atoms with Crippen molar-refractivity contribution >= 4 is 174 Å². The first-order chi connectivity index (χ1) is 61.3. The van der Waals surface area contributed by atoms with Crippen LogP contribution in [-0.2, 0) is 5.41 Å². The molecule has 578 valence electrons. The van der Waals surface area contributed by atoms with Gasteiger partial charge in [-0.1, -0.05) is 366 Å². The smallest absolute Gasteiger partial charge is 0.143 e. The molecule has 3 aromatic heterocycles. The molecule has 27 rings (SSSR count). The molecule has 3 nitrogen and oxygen atoms in total. The SMILES string of the molecule is CC1(C)c2ccccc2-c2ccc(-c3c4ccccc4c(-c4ccc5oc6cc7ccccc7cc6c5c4)c4ccccc34)cc21.c1ccc(-c2c3ccccc3c(-c3ccc4oc5c6ccccc6ccc5c4c3)c3ccccc23)cc1.c1ccc2cc(-c3c4ccccc4c(-c4ccc5oc6c7ccccc7ccc6c5c4)c4ccccc34)ccc2c1. The van der Waals surface area contributed by atoms with Gasteiger partial charge in [0.2, 0.25) is 0 Å². The monoisotopic (exact) mass is 1580 g/mol. The quantitative estimate of drug-likeness (QED) is 0.156. The molecule has 0 saturated heterocycles. The van der Waals surface area contributed by atoms with E-state index in [1.165, 1.54) is 186 Å². The Labute approximate surface area is 714 Å². The van der Waals surface area contributed by atoms with Crippen LogP contribution in [-0.4, -0.2) is 0 Å². The Hall–Kier alpha value is -15.9. The first-order valence-corrected chi connectivity index (χ1v) is 42.9. The zero-order valence-electron chi connectivity index (χ0n) is 68.1. The lowest BCUT2D eigenvalue weighted by molar-refractivity contribution is 0.660. The minimum atomic E-state index is -0.0540. The van der Waals surface area contributed by atoms with E-state index >= 15 is 0 Å². The number of fused-ring (bicyclic) bond motifs is 24. The summed E-state index contributed by atoms with van der Waals surface area (Å²) in [5, 5.41) is 31.7. The highest BCUT2D eigenvalue weighted by Crippen LogP contribution is 2.54. The molecule has 1 aliphatic carbocycles. The molecule has 1 aliphatic rings. The Morgan fingerprint density at radius 1 is 0.153 bits per heavy atom. The van der Waals surface area contributed by atoms with Gasteiger partial charge in [-0.15, -0.1) is 0 Å². The van der Waals surface area contributed by atoms with Crippen molar-refractivity contribution in [3.05, 3.63) is 436 Å². The van der Waals surface area contributed by atoms with Crippen molar-refractivity contribution in [2.24, 2.45) is 0 Å². The maximum absolute atomic E-state index is 6.44. The van der Waals surface area contributed by atoms with E-state index in [0.717, 1.165) is 76.6 Å². The highest BCUT2D eigenvalue weighted by molar-refractivity contribution is 6.27. The molecule has 124 heavy (non-hydrogen) atoms. The Balaban J connectivity index is 0.000000103. The van der Waals surface area contributed by atoms with Crippen LogP contribution >= 0.6 is 0 Å². The van der Waals surface area contributed by atoms with E-state index in [1.54, 1.807) is 0 Å². The fourth-order valence-corrected chi connectivity index (χ4v) is 21.0. The third kappa shape index (κ3) is 11.1. The van der Waals surface area contributed by atoms with Crippen LogP contribution in [0.15, 0.2) is 438 Å². The van der Waals surface area contributed by atoms with Gasteiger partial charge in [-0.05, 0) is 259 Å². The molecular weight excluding hydrogens is 1500 g/mol. The van der Waals surface area contributed by atoms with Crippen LogP contribution in [0.2, 0.25) is 0 Å². The molecule has 0 bridgehead atoms. The first kappa shape index (κ1) is 71.0. The summed E-state index contributed by atoms with van der Waals surface area (Å²) in [5.74, 6) is 0. The fourth-order valence-electron chi connectivity index (χ4n) is 21.0. The van der Waals surface area contributed by atoms with Crippen molar-refractivity contribution in [2.45, 2.75) is 19.3 Å². The summed E-state index contributed by atoms with van der Waals surface area (Å²) in [6.45, 7) is 4.72. The van der Waals surface area contributed by atoms with Crippen LogP contribution in [0.4, 0.5) is 0 Å². The summed E-state index contributed by atoms with van der Waals surface area (Å²) in [7, 11) is 0. The standard InChI is InChI=1S/C45H30O.C40H24O.C36H22O/c1-45(2)39-18-10-9-13-31(39)32-21-19-30(25-40(32)45)44-35-16-7-5-14-33(35)43(34-15-6-8-17-36(34)44)29-20-22-41-37(24-29)38-23-27-11-3-4-12-28(27)26-42(38)46-41;1-2-11-27-23-28(18-17-25(27)9-1)38-31-13-5-7-15-33(31)39(34-16-8-6-14-32(34)38)29-20-22-37-36(24-29)35-21-19-26-10-3-4-12-30(26)40(35)41-37;1-2-11-24(12-3-1)34-27-14-6-8-16-29(27)35(30-17-9-7-15-28(30)34)25-19-21-33-32(22-25)31-20-18-23-10-4-5-13-26(23)36(31)37-33/h3-26H,1-2H3;1-24H;1-22H. The Morgan fingerprint density at radius 3 is 0.887 bits per heavy atom. The zero-order chi connectivity index (χ0) is 81.8. The summed E-state index contributed by atoms with van der Waals surface area (Å²) in [4.78, 5) is 0. The van der Waals surface area contributed by atoms with E-state index in [4.69, 9.17) is 13.3 Å². The Kier molecular flexibility index (Phi) is 16.1. The lowest BCUT2D eigenvalue weighted by Crippen LogP contribution is -2.14. The fraction of sp³-hybridized carbons (Fsp3) is 0.0248. The Morgan fingerprint density at radius 2 is 0.444 bits per heavy atom. The summed E-state index contributed by atoms with van der Waals surface area (Å²) >= 11 is 0. The van der Waals surface area contributed by atoms with E-state index in [0.29, 0.717) is 0 Å². The summed E-state index contributed by atoms with van der Waals surface area (Å²) < 4.78 is 19.2. The van der Waals surface area contributed by atoms with Crippen LogP contribution in [0.25, 0.3) is 251 Å². The lowest BCUT2D eigenvalue weighted by Gasteiger charge is -2.23. The second kappa shape index (κ2) is 28.1. The molecular formula is C121H76O3. The van der Waals surface area contributed by atoms with Gasteiger partial charge in [0.1, 0.15) is 33.5 Å². The number of rotatable bonds is 6. The summed E-state index contributed by atoms with van der Waals surface area (Å²) in [6, 6.07) is 154. The van der Waals surface area contributed by atoms with Crippen molar-refractivity contribution in [1.29, 1.82) is 0 Å². The molecule has 0 N–H and O–H groups in total. The van der Waals surface area contributed by atoms with Gasteiger partial charge in [0.15, 0.2) is 0 Å². The molecule has 0 spiro atoms. The predicted octanol–water partition coefficient (Wildman–Crippen LogP) is 34.6. The second-order valence-corrected chi connectivity index (χ2v) is 33.8. The van der Waals surface area contributed by atoms with Crippen LogP contribution in [0.3, 0.4) is 0 Å². The maximum Gasteiger partial charge on any atom is 0.143 e. The van der Waals surface area contributed by atoms with Gasteiger partial charge < -0.3 is 13.3 Å². The number of benzene rings is 23. The molecule has 26 aromatic rings. The molecule has 3 heterocycles. The van der Waals surface area contributed by atoms with E-state index in [2.05, 4.69) is 438 Å². The number of hydrogen-bond acceptors (Lipinski definition) is 3. The third-order valence-corrected chi connectivity index (χ3v) is 26.7. The van der Waals surface area contributed by atoms with Gasteiger partial charge in [-0.25, -0.2) is 0 Å². The molecule has 0 amide bonds. The van der Waals surface area contributed by atoms with Gasteiger partial charge in [-0.3, -0.25) is 0 Å². The van der Waals surface area contributed by atoms with Crippen LogP contribution in [0, 0.1) is 0 Å². The third-order valence-electron chi connectivity index (χ3n) is 26.7. The minimum Gasteiger partial charge on any atom is -0.456 e. The summed E-state index contributed by atoms with van der Waals surface area (Å²) in [6.07, 6.45) is 0. The van der Waals surface area contributed by atoms with Crippen LogP contribution in [0.1, 0.15) is 25.0 Å². The van der Waals surface area contributed by atoms with E-state index < -0.39 is 0 Å². The van der Waals surface area contributed by atoms with Crippen molar-refractivity contribution in [3.63, 3.8) is 0 Å². The molecule has 0 saturated carbocycles. The van der Waals surface area contributed by atoms with Gasteiger partial charge in [-0.2, -0.15) is 0 Å².